The molecule has 0 aliphatic carbocycles. The van der Waals surface area contributed by atoms with Crippen LogP contribution in [0.15, 0.2) is 42.3 Å². The Morgan fingerprint density at radius 3 is 2.52 bits per heavy atom. The van der Waals surface area contributed by atoms with Crippen LogP contribution in [0.5, 0.6) is 0 Å². The number of rotatable bonds is 4. The fourth-order valence-electron chi connectivity index (χ4n) is 2.07. The molecule has 1 heterocycles. The quantitative estimate of drug-likeness (QED) is 0.592. The van der Waals surface area contributed by atoms with Crippen LogP contribution in [0.1, 0.15) is 18.9 Å². The maximum Gasteiger partial charge on any atom is 0.534 e. The van der Waals surface area contributed by atoms with Gasteiger partial charge in [-0.25, -0.2) is 9.69 Å². The lowest BCUT2D eigenvalue weighted by molar-refractivity contribution is -0.0540. The van der Waals surface area contributed by atoms with Gasteiger partial charge in [0.2, 0.25) is 5.88 Å². The van der Waals surface area contributed by atoms with Crippen LogP contribution in [-0.2, 0) is 25.6 Å². The van der Waals surface area contributed by atoms with Crippen molar-refractivity contribution in [1.29, 1.82) is 0 Å². The third-order valence-electron chi connectivity index (χ3n) is 3.41. The molecule has 0 spiro atoms. The zero-order chi connectivity index (χ0) is 18.7. The lowest BCUT2D eigenvalue weighted by Gasteiger charge is -2.29. The fourth-order valence-corrected chi connectivity index (χ4v) is 2.54. The van der Waals surface area contributed by atoms with Crippen LogP contribution in [0.4, 0.5) is 18.0 Å². The minimum absolute atomic E-state index is 0.0198. The van der Waals surface area contributed by atoms with Gasteiger partial charge < -0.3 is 8.92 Å². The number of hydrogen-bond acceptors (Lipinski definition) is 5. The molecule has 1 aliphatic heterocycles. The third-order valence-corrected chi connectivity index (χ3v) is 4.36. The van der Waals surface area contributed by atoms with E-state index in [4.69, 9.17) is 4.74 Å². The molecule has 2 rings (SSSR count). The highest BCUT2D eigenvalue weighted by atomic mass is 32.2. The number of nitrogens with zero attached hydrogens (tertiary/aromatic N) is 1. The van der Waals surface area contributed by atoms with E-state index in [1.54, 1.807) is 37.3 Å². The number of halogens is 3. The van der Waals surface area contributed by atoms with Crippen LogP contribution in [0.25, 0.3) is 0 Å². The van der Waals surface area contributed by atoms with Crippen molar-refractivity contribution in [3.63, 3.8) is 0 Å². The monoisotopic (exact) mass is 379 g/mol. The minimum atomic E-state index is -5.87. The summed E-state index contributed by atoms with van der Waals surface area (Å²) in [6.07, 6.45) is 0.593. The van der Waals surface area contributed by atoms with Crippen molar-refractivity contribution < 1.29 is 35.3 Å². The van der Waals surface area contributed by atoms with E-state index in [0.717, 1.165) is 11.0 Å². The first-order valence-electron chi connectivity index (χ1n) is 7.31. The Bertz CT molecular complexity index is 746. The number of ether oxygens (including phenoxy) is 1. The van der Waals surface area contributed by atoms with Gasteiger partial charge in [0, 0.05) is 6.54 Å². The van der Waals surface area contributed by atoms with Gasteiger partial charge in [0.15, 0.2) is 0 Å². The number of amides is 1. The van der Waals surface area contributed by atoms with E-state index < -0.39 is 27.6 Å². The zero-order valence-electron chi connectivity index (χ0n) is 13.2. The molecule has 1 amide bonds. The number of allylic oxidation sites excluding steroid dienone is 1. The highest BCUT2D eigenvalue weighted by Gasteiger charge is 2.50. The van der Waals surface area contributed by atoms with Gasteiger partial charge in [-0.1, -0.05) is 37.3 Å². The second-order valence-electron chi connectivity index (χ2n) is 5.45. The van der Waals surface area contributed by atoms with E-state index in [-0.39, 0.29) is 19.1 Å². The molecule has 1 aromatic carbocycles. The maximum absolute atomic E-state index is 12.5. The smallest absolute Gasteiger partial charge is 0.444 e. The van der Waals surface area contributed by atoms with Gasteiger partial charge in [-0.05, 0) is 24.0 Å². The van der Waals surface area contributed by atoms with Crippen molar-refractivity contribution in [2.24, 2.45) is 5.92 Å². The highest BCUT2D eigenvalue weighted by Crippen LogP contribution is 2.30. The topological polar surface area (TPSA) is 72.9 Å². The van der Waals surface area contributed by atoms with Crippen molar-refractivity contribution in [1.82, 2.24) is 4.90 Å². The number of carbonyl (C=O) groups excluding carboxylic acids is 1. The molecule has 1 unspecified atom stereocenters. The lowest BCUT2D eigenvalue weighted by atomic mass is 10.1. The highest BCUT2D eigenvalue weighted by molar-refractivity contribution is 7.87. The molecule has 0 N–H and O–H groups in total. The van der Waals surface area contributed by atoms with E-state index in [0.29, 0.717) is 12.0 Å². The summed E-state index contributed by atoms with van der Waals surface area (Å²) < 4.78 is 69.1. The molecule has 25 heavy (non-hydrogen) atoms. The predicted molar refractivity (Wildman–Crippen MR) is 81.3 cm³/mol. The molecule has 138 valence electrons. The summed E-state index contributed by atoms with van der Waals surface area (Å²) in [5.41, 5.74) is -4.91. The molecule has 0 fully saturated rings. The summed E-state index contributed by atoms with van der Waals surface area (Å²) in [7, 11) is -5.87. The molecule has 0 saturated carbocycles. The van der Waals surface area contributed by atoms with Gasteiger partial charge in [-0.2, -0.15) is 21.6 Å². The van der Waals surface area contributed by atoms with E-state index in [1.165, 1.54) is 0 Å². The second kappa shape index (κ2) is 7.34. The van der Waals surface area contributed by atoms with Crippen molar-refractivity contribution >= 4 is 16.2 Å². The van der Waals surface area contributed by atoms with Gasteiger partial charge in [0.05, 0.1) is 0 Å². The molecule has 0 saturated heterocycles. The second-order valence-corrected chi connectivity index (χ2v) is 6.98. The van der Waals surface area contributed by atoms with Crippen LogP contribution in [0, 0.1) is 5.92 Å². The Hall–Kier alpha value is -2.23. The normalized spacial score (nSPS) is 18.5. The first-order valence-corrected chi connectivity index (χ1v) is 8.72. The minimum Gasteiger partial charge on any atom is -0.444 e. The standard InChI is InChI=1S/C15H16F3NO5S/c1-11-7-8-19(13(9-11)24-25(21,22)15(16,17)18)14(20)23-10-12-5-3-2-4-6-12/h2-6,9,11H,7-8,10H2,1H3. The first-order chi connectivity index (χ1) is 11.6. The molecule has 10 heteroatoms. The van der Waals surface area contributed by atoms with E-state index in [1.807, 2.05) is 0 Å². The largest absolute Gasteiger partial charge is 0.534 e. The Morgan fingerprint density at radius 2 is 1.92 bits per heavy atom. The van der Waals surface area contributed by atoms with Gasteiger partial charge in [0.1, 0.15) is 6.61 Å². The van der Waals surface area contributed by atoms with E-state index in [9.17, 15) is 26.4 Å². The van der Waals surface area contributed by atoms with Crippen molar-refractivity contribution in [3.05, 3.63) is 47.9 Å². The number of hydrogen-bond donors (Lipinski definition) is 0. The number of benzene rings is 1. The number of alkyl halides is 3. The van der Waals surface area contributed by atoms with Crippen molar-refractivity contribution in [2.75, 3.05) is 6.54 Å². The van der Waals surface area contributed by atoms with E-state index >= 15 is 0 Å². The Labute approximate surface area is 142 Å². The van der Waals surface area contributed by atoms with Crippen LogP contribution < -0.4 is 0 Å². The molecule has 0 bridgehead atoms. The molecule has 0 aromatic heterocycles. The Kier molecular flexibility index (Phi) is 5.61. The molecule has 1 aliphatic rings. The molecule has 1 aromatic rings. The summed E-state index contributed by atoms with van der Waals surface area (Å²) in [4.78, 5) is 12.9. The summed E-state index contributed by atoms with van der Waals surface area (Å²) in [6, 6.07) is 8.64. The van der Waals surface area contributed by atoms with Gasteiger partial charge in [-0.15, -0.1) is 0 Å². The van der Waals surface area contributed by atoms with Gasteiger partial charge >= 0.3 is 21.7 Å². The average molecular weight is 379 g/mol. The summed E-state index contributed by atoms with van der Waals surface area (Å²) in [5, 5.41) is 0. The van der Waals surface area contributed by atoms with Gasteiger partial charge in [-0.3, -0.25) is 0 Å². The maximum atomic E-state index is 12.5. The van der Waals surface area contributed by atoms with Crippen LogP contribution in [0.2, 0.25) is 0 Å². The van der Waals surface area contributed by atoms with Crippen molar-refractivity contribution in [3.8, 4) is 0 Å². The van der Waals surface area contributed by atoms with Crippen molar-refractivity contribution in [2.45, 2.75) is 25.5 Å². The Balaban J connectivity index is 2.12. The Morgan fingerprint density at radius 1 is 1.28 bits per heavy atom. The van der Waals surface area contributed by atoms with Crippen LogP contribution in [0.3, 0.4) is 0 Å². The van der Waals surface area contributed by atoms with Crippen LogP contribution >= 0.6 is 0 Å². The number of carbonyl (C=O) groups is 1. The molecule has 1 atom stereocenters. The summed E-state index contributed by atoms with van der Waals surface area (Å²) in [6.45, 7) is 1.54. The lowest BCUT2D eigenvalue weighted by Crippen LogP contribution is -2.39. The zero-order valence-corrected chi connectivity index (χ0v) is 14.0. The molecule has 6 nitrogen and oxygen atoms in total. The van der Waals surface area contributed by atoms with Gasteiger partial charge in [0.25, 0.3) is 0 Å². The SMILES string of the molecule is CC1C=C(OS(=O)(=O)C(F)(F)F)N(C(=O)OCc2ccccc2)CC1. The summed E-state index contributed by atoms with van der Waals surface area (Å²) >= 11 is 0. The van der Waals surface area contributed by atoms with E-state index in [2.05, 4.69) is 4.18 Å². The predicted octanol–water partition coefficient (Wildman–Crippen LogP) is 3.37. The fraction of sp³-hybridized carbons (Fsp3) is 0.400. The average Bonchev–Trinajstić information content (AvgIpc) is 2.52. The first kappa shape index (κ1) is 19.1. The van der Waals surface area contributed by atoms with Crippen LogP contribution in [-0.4, -0.2) is 31.5 Å². The molecular weight excluding hydrogens is 363 g/mol. The molecule has 0 radical (unpaired) electrons. The third kappa shape index (κ3) is 4.88. The summed E-state index contributed by atoms with van der Waals surface area (Å²) in [5.74, 6) is -0.953. The molecular formula is C15H16F3NO5S.